The van der Waals surface area contributed by atoms with Crippen LogP contribution in [0.4, 0.5) is 5.69 Å². The van der Waals surface area contributed by atoms with Gasteiger partial charge in [0.15, 0.2) is 5.82 Å². The first-order valence-corrected chi connectivity index (χ1v) is 7.06. The normalized spacial score (nSPS) is 11.2. The number of hydrogen-bond donors (Lipinski definition) is 2. The van der Waals surface area contributed by atoms with Gasteiger partial charge in [0.2, 0.25) is 16.4 Å². The van der Waals surface area contributed by atoms with Crippen LogP contribution in [0.15, 0.2) is 34.0 Å². The Kier molecular flexibility index (Phi) is 3.97. The molecular weight excluding hydrogens is 282 g/mol. The second-order valence-electron chi connectivity index (χ2n) is 3.86. The summed E-state index contributed by atoms with van der Waals surface area (Å²) in [6, 6.07) is 5.89. The molecule has 0 atom stereocenters. The van der Waals surface area contributed by atoms with E-state index in [9.17, 15) is 8.42 Å². The van der Waals surface area contributed by atoms with Gasteiger partial charge in [0.1, 0.15) is 4.90 Å². The Morgan fingerprint density at radius 1 is 1.45 bits per heavy atom. The molecule has 0 saturated carbocycles. The highest BCUT2D eigenvalue weighted by Crippen LogP contribution is 2.19. The van der Waals surface area contributed by atoms with Crippen LogP contribution in [-0.2, 0) is 16.4 Å². The number of nitrogens with two attached hydrogens (primary N) is 1. The maximum absolute atomic E-state index is 12.0. The van der Waals surface area contributed by atoms with E-state index in [0.717, 1.165) is 0 Å². The van der Waals surface area contributed by atoms with Gasteiger partial charge < -0.3 is 10.3 Å². The quantitative estimate of drug-likeness (QED) is 0.743. The lowest BCUT2D eigenvalue weighted by atomic mass is 10.2. The average molecular weight is 293 g/mol. The largest absolute Gasteiger partial charge is 0.398 e. The lowest BCUT2D eigenvalue weighted by molar-refractivity contribution is 0.410. The second-order valence-corrected chi connectivity index (χ2v) is 5.59. The van der Waals surface area contributed by atoms with Crippen molar-refractivity contribution in [1.29, 1.82) is 5.26 Å². The number of nitrogens with one attached hydrogen (secondary N) is 1. The minimum atomic E-state index is -3.74. The second kappa shape index (κ2) is 5.68. The highest BCUT2D eigenvalue weighted by atomic mass is 32.2. The molecule has 0 unspecified atom stereocenters. The fraction of sp³-hybridized carbons (Fsp3) is 0.182. The maximum atomic E-state index is 12.0. The first kappa shape index (κ1) is 14.0. The van der Waals surface area contributed by atoms with Crippen LogP contribution in [0.1, 0.15) is 11.4 Å². The number of rotatable bonds is 5. The maximum Gasteiger partial charge on any atom is 0.242 e. The average Bonchev–Trinajstić information content (AvgIpc) is 2.91. The van der Waals surface area contributed by atoms with Crippen LogP contribution < -0.4 is 10.5 Å². The molecule has 20 heavy (non-hydrogen) atoms. The summed E-state index contributed by atoms with van der Waals surface area (Å²) in [5, 5.41) is 12.3. The molecule has 9 heteroatoms. The van der Waals surface area contributed by atoms with Gasteiger partial charge in [0, 0.05) is 13.0 Å². The number of nitrogens with zero attached hydrogens (tertiary/aromatic N) is 3. The topological polar surface area (TPSA) is 135 Å². The summed E-state index contributed by atoms with van der Waals surface area (Å²) in [7, 11) is -3.74. The van der Waals surface area contributed by atoms with Crippen molar-refractivity contribution in [3.63, 3.8) is 0 Å². The molecule has 2 rings (SSSR count). The number of aromatic nitrogens is 2. The van der Waals surface area contributed by atoms with E-state index >= 15 is 0 Å². The van der Waals surface area contributed by atoms with Gasteiger partial charge >= 0.3 is 0 Å². The van der Waals surface area contributed by atoms with Crippen molar-refractivity contribution in [2.75, 3.05) is 12.3 Å². The van der Waals surface area contributed by atoms with Crippen LogP contribution in [0.25, 0.3) is 0 Å². The number of anilines is 1. The molecule has 0 bridgehead atoms. The third kappa shape index (κ3) is 3.11. The zero-order chi connectivity index (χ0) is 14.6. The molecule has 0 fully saturated rings. The molecule has 0 amide bonds. The van der Waals surface area contributed by atoms with Crippen molar-refractivity contribution in [3.8, 4) is 6.07 Å². The van der Waals surface area contributed by atoms with E-state index in [2.05, 4.69) is 19.4 Å². The van der Waals surface area contributed by atoms with Crippen LogP contribution in [0, 0.1) is 11.3 Å². The SMILES string of the molecule is N#Cc1ccc(S(=O)(=O)NCCc2ncon2)c(N)c1. The van der Waals surface area contributed by atoms with Crippen molar-refractivity contribution in [3.05, 3.63) is 36.0 Å². The first-order valence-electron chi connectivity index (χ1n) is 5.57. The minimum Gasteiger partial charge on any atom is -0.398 e. The smallest absolute Gasteiger partial charge is 0.242 e. The van der Waals surface area contributed by atoms with Gasteiger partial charge in [0.25, 0.3) is 0 Å². The summed E-state index contributed by atoms with van der Waals surface area (Å²) >= 11 is 0. The highest BCUT2D eigenvalue weighted by molar-refractivity contribution is 7.89. The molecule has 0 aliphatic rings. The molecule has 0 radical (unpaired) electrons. The predicted octanol–water partition coefficient (Wildman–Crippen LogP) is 0.0445. The van der Waals surface area contributed by atoms with Gasteiger partial charge in [0.05, 0.1) is 17.3 Å². The fourth-order valence-electron chi connectivity index (χ4n) is 1.54. The molecule has 0 spiro atoms. The van der Waals surface area contributed by atoms with E-state index in [1.807, 2.05) is 6.07 Å². The van der Waals surface area contributed by atoms with Gasteiger partial charge in [-0.05, 0) is 18.2 Å². The monoisotopic (exact) mass is 293 g/mol. The van der Waals surface area contributed by atoms with Gasteiger partial charge in [-0.3, -0.25) is 0 Å². The Balaban J connectivity index is 2.08. The molecular formula is C11H11N5O3S. The molecule has 2 aromatic rings. The molecule has 0 saturated heterocycles. The van der Waals surface area contributed by atoms with Crippen LogP contribution in [0.3, 0.4) is 0 Å². The Morgan fingerprint density at radius 3 is 2.85 bits per heavy atom. The number of nitriles is 1. The standard InChI is InChI=1S/C11H11N5O3S/c12-6-8-1-2-10(9(13)5-8)20(17,18)15-4-3-11-14-7-19-16-11/h1-2,5,7,15H,3-4,13H2. The van der Waals surface area contributed by atoms with E-state index < -0.39 is 10.0 Å². The lowest BCUT2D eigenvalue weighted by Gasteiger charge is -2.08. The molecule has 0 aliphatic heterocycles. The zero-order valence-corrected chi connectivity index (χ0v) is 11.1. The van der Waals surface area contributed by atoms with Gasteiger partial charge in [-0.2, -0.15) is 10.2 Å². The van der Waals surface area contributed by atoms with Crippen LogP contribution in [-0.4, -0.2) is 25.1 Å². The molecule has 1 aromatic heterocycles. The van der Waals surface area contributed by atoms with E-state index in [-0.39, 0.29) is 17.1 Å². The van der Waals surface area contributed by atoms with E-state index in [4.69, 9.17) is 11.0 Å². The van der Waals surface area contributed by atoms with Crippen molar-refractivity contribution in [2.24, 2.45) is 0 Å². The Hall–Kier alpha value is -2.44. The third-order valence-corrected chi connectivity index (χ3v) is 4.01. The number of benzene rings is 1. The van der Waals surface area contributed by atoms with Crippen LogP contribution in [0.2, 0.25) is 0 Å². The van der Waals surface area contributed by atoms with Crippen molar-refractivity contribution < 1.29 is 12.9 Å². The van der Waals surface area contributed by atoms with Crippen molar-refractivity contribution in [1.82, 2.24) is 14.9 Å². The zero-order valence-electron chi connectivity index (χ0n) is 10.3. The summed E-state index contributed by atoms with van der Waals surface area (Å²) in [4.78, 5) is 3.71. The summed E-state index contributed by atoms with van der Waals surface area (Å²) in [5.41, 5.74) is 5.96. The number of sulfonamides is 1. The molecule has 0 aliphatic carbocycles. The van der Waals surface area contributed by atoms with Crippen LogP contribution >= 0.6 is 0 Å². The predicted molar refractivity (Wildman–Crippen MR) is 68.8 cm³/mol. The van der Waals surface area contributed by atoms with Crippen molar-refractivity contribution in [2.45, 2.75) is 11.3 Å². The lowest BCUT2D eigenvalue weighted by Crippen LogP contribution is -2.27. The third-order valence-electron chi connectivity index (χ3n) is 2.48. The fourth-order valence-corrected chi connectivity index (χ4v) is 2.68. The van der Waals surface area contributed by atoms with Crippen molar-refractivity contribution >= 4 is 15.7 Å². The first-order chi connectivity index (χ1) is 9.53. The molecule has 1 aromatic carbocycles. The van der Waals surface area contributed by atoms with E-state index in [1.165, 1.54) is 24.6 Å². The van der Waals surface area contributed by atoms with Gasteiger partial charge in [-0.25, -0.2) is 13.1 Å². The Labute approximate surface area is 115 Å². The molecule has 8 nitrogen and oxygen atoms in total. The summed E-state index contributed by atoms with van der Waals surface area (Å²) in [6.07, 6.45) is 1.47. The molecule has 1 heterocycles. The van der Waals surface area contributed by atoms with Gasteiger partial charge in [-0.15, -0.1) is 0 Å². The van der Waals surface area contributed by atoms with Gasteiger partial charge in [-0.1, -0.05) is 5.16 Å². The summed E-state index contributed by atoms with van der Waals surface area (Å²) < 4.78 is 31.0. The van der Waals surface area contributed by atoms with E-state index in [0.29, 0.717) is 17.8 Å². The molecule has 3 N–H and O–H groups in total. The minimum absolute atomic E-state index is 0.0242. The van der Waals surface area contributed by atoms with Crippen LogP contribution in [0.5, 0.6) is 0 Å². The summed E-state index contributed by atoms with van der Waals surface area (Å²) in [6.45, 7) is 0.112. The Morgan fingerprint density at radius 2 is 2.25 bits per heavy atom. The Bertz CT molecular complexity index is 734. The number of nitrogen functional groups attached to an aromatic ring is 1. The van der Waals surface area contributed by atoms with E-state index in [1.54, 1.807) is 0 Å². The molecule has 104 valence electrons. The summed E-state index contributed by atoms with van der Waals surface area (Å²) in [5.74, 6) is 0.403. The highest BCUT2D eigenvalue weighted by Gasteiger charge is 2.17. The number of hydrogen-bond acceptors (Lipinski definition) is 7.